The van der Waals surface area contributed by atoms with Crippen LogP contribution in [0.3, 0.4) is 0 Å². The molecule has 0 saturated heterocycles. The predicted molar refractivity (Wildman–Crippen MR) is 116 cm³/mol. The summed E-state index contributed by atoms with van der Waals surface area (Å²) in [6.07, 6.45) is 4.96. The molecule has 0 aliphatic heterocycles. The first kappa shape index (κ1) is 22.3. The predicted octanol–water partition coefficient (Wildman–Crippen LogP) is 4.53. The number of hydrogen-bond donors (Lipinski definition) is 2. The normalized spacial score (nSPS) is 20.9. The molecule has 1 amide bonds. The largest absolute Gasteiger partial charge is 0.363 e. The number of rotatable bonds is 7. The van der Waals surface area contributed by atoms with Gasteiger partial charge in [0.15, 0.2) is 0 Å². The zero-order valence-corrected chi connectivity index (χ0v) is 17.7. The average Bonchev–Trinajstić information content (AvgIpc) is 2.75. The molecule has 0 bridgehead atoms. The number of nitrogens with one attached hydrogen (secondary N) is 1. The van der Waals surface area contributed by atoms with E-state index in [1.807, 2.05) is 6.92 Å². The Morgan fingerprint density at radius 2 is 2.17 bits per heavy atom. The first-order valence-corrected chi connectivity index (χ1v) is 10.3. The molecule has 3 rings (SSSR count). The number of anilines is 1. The van der Waals surface area contributed by atoms with Gasteiger partial charge in [0.25, 0.3) is 5.91 Å². The summed E-state index contributed by atoms with van der Waals surface area (Å²) in [6, 6.07) is 7.54. The van der Waals surface area contributed by atoms with Gasteiger partial charge in [0, 0.05) is 23.4 Å². The van der Waals surface area contributed by atoms with Crippen molar-refractivity contribution in [2.75, 3.05) is 12.0 Å². The maximum Gasteiger partial charge on any atom is 0.274 e. The third-order valence-electron chi connectivity index (χ3n) is 5.79. The number of carbonyl (C=O) groups excluding carboxylic acids is 1. The highest BCUT2D eigenvalue weighted by atomic mass is 35.5. The Bertz CT molecular complexity index is 907. The van der Waals surface area contributed by atoms with E-state index in [1.54, 1.807) is 12.1 Å². The first-order chi connectivity index (χ1) is 14.4. The molecule has 0 radical (unpaired) electrons. The van der Waals surface area contributed by atoms with Gasteiger partial charge in [-0.3, -0.25) is 9.79 Å². The number of amides is 1. The van der Waals surface area contributed by atoms with E-state index in [-0.39, 0.29) is 24.4 Å². The molecule has 6 nitrogen and oxygen atoms in total. The Hall–Kier alpha value is -2.35. The summed E-state index contributed by atoms with van der Waals surface area (Å²) in [5, 5.41) is 3.19. The van der Waals surface area contributed by atoms with Crippen LogP contribution in [-0.2, 0) is 10.3 Å². The van der Waals surface area contributed by atoms with Crippen LogP contribution in [0.5, 0.6) is 0 Å². The lowest BCUT2D eigenvalue weighted by molar-refractivity contribution is -0.0333. The van der Waals surface area contributed by atoms with Crippen LogP contribution >= 0.6 is 11.6 Å². The maximum absolute atomic E-state index is 14.9. The molecule has 160 valence electrons. The lowest BCUT2D eigenvalue weighted by Crippen LogP contribution is -2.43. The van der Waals surface area contributed by atoms with Crippen LogP contribution in [0.4, 0.5) is 10.1 Å². The van der Waals surface area contributed by atoms with Gasteiger partial charge in [-0.05, 0) is 56.8 Å². The van der Waals surface area contributed by atoms with Crippen molar-refractivity contribution >= 4 is 29.9 Å². The Morgan fingerprint density at radius 3 is 2.83 bits per heavy atom. The van der Waals surface area contributed by atoms with E-state index in [0.29, 0.717) is 16.3 Å². The summed E-state index contributed by atoms with van der Waals surface area (Å²) in [7, 11) is 0. The summed E-state index contributed by atoms with van der Waals surface area (Å²) in [4.78, 5) is 20.9. The zero-order valence-electron chi connectivity index (χ0n) is 16.9. The molecule has 3 N–H and O–H groups in total. The van der Waals surface area contributed by atoms with Crippen molar-refractivity contribution in [3.05, 3.63) is 58.6 Å². The molecule has 1 aliphatic rings. The third-order valence-corrected chi connectivity index (χ3v) is 6.02. The van der Waals surface area contributed by atoms with E-state index in [2.05, 4.69) is 22.0 Å². The maximum atomic E-state index is 14.9. The molecule has 1 fully saturated rings. The summed E-state index contributed by atoms with van der Waals surface area (Å²) in [5.74, 6) is -0.908. The number of carbonyl (C=O) groups is 1. The number of aromatic nitrogens is 1. The van der Waals surface area contributed by atoms with Crippen LogP contribution in [-0.4, -0.2) is 30.4 Å². The summed E-state index contributed by atoms with van der Waals surface area (Å²) in [5.41, 5.74) is 5.69. The molecule has 1 aromatic heterocycles. The summed E-state index contributed by atoms with van der Waals surface area (Å²) < 4.78 is 20.7. The van der Waals surface area contributed by atoms with E-state index in [4.69, 9.17) is 22.1 Å². The van der Waals surface area contributed by atoms with Crippen LogP contribution in [0.2, 0.25) is 5.02 Å². The fourth-order valence-corrected chi connectivity index (χ4v) is 4.27. The number of pyridine rings is 1. The van der Waals surface area contributed by atoms with Crippen molar-refractivity contribution in [3.63, 3.8) is 0 Å². The fourth-order valence-electron chi connectivity index (χ4n) is 4.16. The van der Waals surface area contributed by atoms with Crippen LogP contribution in [0.25, 0.3) is 0 Å². The van der Waals surface area contributed by atoms with E-state index in [0.717, 1.165) is 25.7 Å². The van der Waals surface area contributed by atoms with Gasteiger partial charge in [0.1, 0.15) is 11.5 Å². The molecule has 1 aliphatic carbocycles. The highest BCUT2D eigenvalue weighted by molar-refractivity contribution is 6.30. The fraction of sp³-hybridized carbons (Fsp3) is 0.409. The van der Waals surface area contributed by atoms with Gasteiger partial charge in [-0.1, -0.05) is 24.4 Å². The lowest BCUT2D eigenvalue weighted by Gasteiger charge is -2.42. The highest BCUT2D eigenvalue weighted by Gasteiger charge is 2.43. The van der Waals surface area contributed by atoms with Gasteiger partial charge in [-0.25, -0.2) is 9.37 Å². The lowest BCUT2D eigenvalue weighted by atomic mass is 9.70. The van der Waals surface area contributed by atoms with E-state index < -0.39 is 17.3 Å². The quantitative estimate of drug-likeness (QED) is 0.496. The van der Waals surface area contributed by atoms with Gasteiger partial charge in [-0.15, -0.1) is 0 Å². The monoisotopic (exact) mass is 432 g/mol. The second-order valence-electron chi connectivity index (χ2n) is 7.58. The molecule has 30 heavy (non-hydrogen) atoms. The van der Waals surface area contributed by atoms with Gasteiger partial charge in [0.05, 0.1) is 23.4 Å². The molecule has 1 heterocycles. The third kappa shape index (κ3) is 4.69. The minimum atomic E-state index is -0.927. The Balaban J connectivity index is 1.91. The molecule has 1 saturated carbocycles. The smallest absolute Gasteiger partial charge is 0.274 e. The van der Waals surface area contributed by atoms with E-state index in [1.165, 1.54) is 24.4 Å². The van der Waals surface area contributed by atoms with Crippen molar-refractivity contribution in [1.29, 1.82) is 0 Å². The molecule has 1 aromatic carbocycles. The van der Waals surface area contributed by atoms with Gasteiger partial charge in [0.2, 0.25) is 0 Å². The standard InChI is InChI=1S/C22H26ClFN4O2/c1-22(26-2,16-5-3-4-6-20(16)30-13-25)17-11-15(8-9-18(17)24)28-21(29)19-10-7-14(23)12-27-19/h7-12,16,20H,2-6,13,25H2,1H3,(H,28,29). The molecule has 3 atom stereocenters. The second kappa shape index (κ2) is 9.64. The molecule has 2 aromatic rings. The highest BCUT2D eigenvalue weighted by Crippen LogP contribution is 2.44. The number of hydrogen-bond acceptors (Lipinski definition) is 5. The van der Waals surface area contributed by atoms with Crippen LogP contribution in [0.1, 0.15) is 48.7 Å². The Kier molecular flexibility index (Phi) is 7.18. The van der Waals surface area contributed by atoms with E-state index in [9.17, 15) is 9.18 Å². The topological polar surface area (TPSA) is 89.6 Å². The second-order valence-corrected chi connectivity index (χ2v) is 8.02. The number of halogens is 2. The van der Waals surface area contributed by atoms with Crippen molar-refractivity contribution in [2.24, 2.45) is 16.6 Å². The summed E-state index contributed by atoms with van der Waals surface area (Å²) >= 11 is 5.82. The number of nitrogens with zero attached hydrogens (tertiary/aromatic N) is 2. The minimum absolute atomic E-state index is 0.0781. The van der Waals surface area contributed by atoms with Crippen LogP contribution in [0, 0.1) is 11.7 Å². The van der Waals surface area contributed by atoms with Crippen LogP contribution < -0.4 is 11.1 Å². The van der Waals surface area contributed by atoms with E-state index >= 15 is 0 Å². The number of aliphatic imine (C=N–C) groups is 1. The van der Waals surface area contributed by atoms with Crippen LogP contribution in [0.15, 0.2) is 41.5 Å². The minimum Gasteiger partial charge on any atom is -0.363 e. The molecule has 8 heteroatoms. The van der Waals surface area contributed by atoms with Crippen molar-refractivity contribution in [3.8, 4) is 0 Å². The molecule has 3 unspecified atom stereocenters. The van der Waals surface area contributed by atoms with Crippen molar-refractivity contribution < 1.29 is 13.9 Å². The number of benzene rings is 1. The SMILES string of the molecule is C=NC(C)(c1cc(NC(=O)c2ccc(Cl)cn2)ccc1F)C1CCCCC1OCN. The Labute approximate surface area is 180 Å². The van der Waals surface area contributed by atoms with Gasteiger partial charge < -0.3 is 15.8 Å². The van der Waals surface area contributed by atoms with Gasteiger partial charge in [-0.2, -0.15) is 0 Å². The van der Waals surface area contributed by atoms with Crippen molar-refractivity contribution in [1.82, 2.24) is 4.98 Å². The molecular formula is C22H26ClFN4O2. The number of ether oxygens (including phenoxy) is 1. The zero-order chi connectivity index (χ0) is 21.7. The van der Waals surface area contributed by atoms with Gasteiger partial charge >= 0.3 is 0 Å². The molecular weight excluding hydrogens is 407 g/mol. The Morgan fingerprint density at radius 1 is 1.40 bits per heavy atom. The number of nitrogens with two attached hydrogens (primary N) is 1. The molecule has 0 spiro atoms. The van der Waals surface area contributed by atoms with Crippen molar-refractivity contribution in [2.45, 2.75) is 44.2 Å². The average molecular weight is 433 g/mol. The first-order valence-electron chi connectivity index (χ1n) is 9.91. The summed E-state index contributed by atoms with van der Waals surface area (Å²) in [6.45, 7) is 5.71.